The molecule has 0 atom stereocenters. The third kappa shape index (κ3) is 24.6. The Bertz CT molecular complexity index is 99.8. The van der Waals surface area contributed by atoms with E-state index >= 15 is 0 Å². The van der Waals surface area contributed by atoms with Gasteiger partial charge in [0.15, 0.2) is 0 Å². The minimum absolute atomic E-state index is 0.193. The number of hydrogen-bond donors (Lipinski definition) is 2. The SMILES string of the molecule is CCCOC(C)=O.OCCCCO. The lowest BCUT2D eigenvalue weighted by Crippen LogP contribution is -1.98. The van der Waals surface area contributed by atoms with Crippen molar-refractivity contribution in [2.75, 3.05) is 19.8 Å². The summed E-state index contributed by atoms with van der Waals surface area (Å²) in [6.07, 6.45) is 2.34. The van der Waals surface area contributed by atoms with Crippen molar-refractivity contribution in [1.29, 1.82) is 0 Å². The van der Waals surface area contributed by atoms with Crippen LogP contribution in [-0.4, -0.2) is 36.0 Å². The monoisotopic (exact) mass is 192 g/mol. The van der Waals surface area contributed by atoms with Crippen LogP contribution in [0.4, 0.5) is 0 Å². The summed E-state index contributed by atoms with van der Waals surface area (Å²) in [5.41, 5.74) is 0. The zero-order valence-electron chi connectivity index (χ0n) is 8.45. The molecular weight excluding hydrogens is 172 g/mol. The Morgan fingerprint density at radius 1 is 1.23 bits per heavy atom. The van der Waals surface area contributed by atoms with E-state index in [0.717, 1.165) is 19.3 Å². The van der Waals surface area contributed by atoms with Gasteiger partial charge in [0.05, 0.1) is 6.61 Å². The lowest BCUT2D eigenvalue weighted by atomic mass is 10.3. The normalized spacial score (nSPS) is 8.62. The summed E-state index contributed by atoms with van der Waals surface area (Å²) in [7, 11) is 0. The fourth-order valence-corrected chi connectivity index (χ4v) is 0.469. The van der Waals surface area contributed by atoms with Gasteiger partial charge in [0.25, 0.3) is 0 Å². The maximum atomic E-state index is 9.98. The highest BCUT2D eigenvalue weighted by atomic mass is 16.5. The van der Waals surface area contributed by atoms with Gasteiger partial charge in [-0.15, -0.1) is 0 Å². The van der Waals surface area contributed by atoms with E-state index in [1.165, 1.54) is 6.92 Å². The van der Waals surface area contributed by atoms with Crippen LogP contribution >= 0.6 is 0 Å². The number of carbonyl (C=O) groups excluding carboxylic acids is 1. The van der Waals surface area contributed by atoms with E-state index in [1.807, 2.05) is 6.92 Å². The number of esters is 1. The smallest absolute Gasteiger partial charge is 0.302 e. The zero-order valence-corrected chi connectivity index (χ0v) is 8.45. The molecule has 0 bridgehead atoms. The standard InChI is InChI=1S/C5H10O2.C4H10O2/c1-3-4-7-5(2)6;5-3-1-2-4-6/h3-4H2,1-2H3;5-6H,1-4H2. The number of aliphatic hydroxyl groups is 2. The lowest BCUT2D eigenvalue weighted by Gasteiger charge is -1.93. The van der Waals surface area contributed by atoms with Gasteiger partial charge in [-0.3, -0.25) is 4.79 Å². The van der Waals surface area contributed by atoms with Gasteiger partial charge in [-0.1, -0.05) is 6.92 Å². The molecule has 0 spiro atoms. The average Bonchev–Trinajstić information content (AvgIpc) is 2.12. The minimum atomic E-state index is -0.193. The summed E-state index contributed by atoms with van der Waals surface area (Å²) >= 11 is 0. The Morgan fingerprint density at radius 2 is 1.69 bits per heavy atom. The van der Waals surface area contributed by atoms with Crippen LogP contribution in [0.5, 0.6) is 0 Å². The van der Waals surface area contributed by atoms with Crippen molar-refractivity contribution in [3.05, 3.63) is 0 Å². The Hall–Kier alpha value is -0.610. The molecule has 2 N–H and O–H groups in total. The molecule has 0 unspecified atom stereocenters. The fourth-order valence-electron chi connectivity index (χ4n) is 0.469. The van der Waals surface area contributed by atoms with Gasteiger partial charge in [0.1, 0.15) is 0 Å². The van der Waals surface area contributed by atoms with Gasteiger partial charge in [-0.05, 0) is 19.3 Å². The van der Waals surface area contributed by atoms with E-state index in [0.29, 0.717) is 6.61 Å². The molecule has 0 heterocycles. The molecule has 80 valence electrons. The first-order valence-electron chi connectivity index (χ1n) is 4.54. The van der Waals surface area contributed by atoms with E-state index in [-0.39, 0.29) is 19.2 Å². The number of ether oxygens (including phenoxy) is 1. The molecule has 0 aliphatic rings. The van der Waals surface area contributed by atoms with Crippen LogP contribution in [0.15, 0.2) is 0 Å². The molecule has 13 heavy (non-hydrogen) atoms. The summed E-state index contributed by atoms with van der Waals surface area (Å²) < 4.78 is 4.55. The summed E-state index contributed by atoms with van der Waals surface area (Å²) in [5.74, 6) is -0.193. The minimum Gasteiger partial charge on any atom is -0.466 e. The number of carbonyl (C=O) groups is 1. The maximum Gasteiger partial charge on any atom is 0.302 e. The van der Waals surface area contributed by atoms with Crippen molar-refractivity contribution < 1.29 is 19.7 Å². The van der Waals surface area contributed by atoms with Crippen molar-refractivity contribution in [2.45, 2.75) is 33.1 Å². The van der Waals surface area contributed by atoms with Gasteiger partial charge in [-0.2, -0.15) is 0 Å². The molecule has 0 aliphatic heterocycles. The number of unbranched alkanes of at least 4 members (excludes halogenated alkanes) is 1. The van der Waals surface area contributed by atoms with Crippen molar-refractivity contribution in [3.63, 3.8) is 0 Å². The Kier molecular flexibility index (Phi) is 16.0. The highest BCUT2D eigenvalue weighted by Crippen LogP contribution is 1.80. The Balaban J connectivity index is 0. The molecule has 0 saturated heterocycles. The predicted molar refractivity (Wildman–Crippen MR) is 50.3 cm³/mol. The number of rotatable bonds is 5. The molecule has 0 aliphatic carbocycles. The second kappa shape index (κ2) is 13.9. The van der Waals surface area contributed by atoms with E-state index < -0.39 is 0 Å². The molecule has 0 fully saturated rings. The maximum absolute atomic E-state index is 9.98. The molecule has 0 rings (SSSR count). The molecule has 0 aromatic rings. The van der Waals surface area contributed by atoms with Crippen LogP contribution in [0.1, 0.15) is 33.1 Å². The molecule has 0 radical (unpaired) electrons. The number of aliphatic hydroxyl groups excluding tert-OH is 2. The van der Waals surface area contributed by atoms with Crippen molar-refractivity contribution in [3.8, 4) is 0 Å². The largest absolute Gasteiger partial charge is 0.466 e. The van der Waals surface area contributed by atoms with Crippen molar-refractivity contribution in [2.24, 2.45) is 0 Å². The first-order valence-corrected chi connectivity index (χ1v) is 4.54. The van der Waals surface area contributed by atoms with E-state index in [2.05, 4.69) is 4.74 Å². The Morgan fingerprint density at radius 3 is 1.85 bits per heavy atom. The second-order valence-electron chi connectivity index (χ2n) is 2.49. The van der Waals surface area contributed by atoms with Crippen LogP contribution in [-0.2, 0) is 9.53 Å². The van der Waals surface area contributed by atoms with Crippen LogP contribution < -0.4 is 0 Å². The molecule has 0 aromatic carbocycles. The first kappa shape index (κ1) is 14.9. The van der Waals surface area contributed by atoms with Crippen LogP contribution in [0.25, 0.3) is 0 Å². The average molecular weight is 192 g/mol. The van der Waals surface area contributed by atoms with E-state index in [4.69, 9.17) is 10.2 Å². The highest BCUT2D eigenvalue weighted by Gasteiger charge is 1.85. The van der Waals surface area contributed by atoms with Gasteiger partial charge in [-0.25, -0.2) is 0 Å². The summed E-state index contributed by atoms with van der Waals surface area (Å²) in [6.45, 7) is 4.31. The number of hydrogen-bond acceptors (Lipinski definition) is 4. The van der Waals surface area contributed by atoms with Gasteiger partial charge in [0, 0.05) is 20.1 Å². The van der Waals surface area contributed by atoms with Gasteiger partial charge in [0.2, 0.25) is 0 Å². The fraction of sp³-hybridized carbons (Fsp3) is 0.889. The molecule has 0 saturated carbocycles. The molecule has 0 amide bonds. The zero-order chi connectivity index (χ0) is 10.5. The van der Waals surface area contributed by atoms with E-state index in [9.17, 15) is 4.79 Å². The third-order valence-electron chi connectivity index (χ3n) is 1.08. The Labute approximate surface area is 79.5 Å². The topological polar surface area (TPSA) is 66.8 Å². The van der Waals surface area contributed by atoms with Gasteiger partial charge < -0.3 is 14.9 Å². The van der Waals surface area contributed by atoms with Crippen LogP contribution in [0, 0.1) is 0 Å². The van der Waals surface area contributed by atoms with Crippen LogP contribution in [0.3, 0.4) is 0 Å². The lowest BCUT2D eigenvalue weighted by molar-refractivity contribution is -0.140. The summed E-state index contributed by atoms with van der Waals surface area (Å²) in [5, 5.41) is 16.2. The highest BCUT2D eigenvalue weighted by molar-refractivity contribution is 5.65. The third-order valence-corrected chi connectivity index (χ3v) is 1.08. The van der Waals surface area contributed by atoms with Crippen molar-refractivity contribution in [1.82, 2.24) is 0 Å². The summed E-state index contributed by atoms with van der Waals surface area (Å²) in [4.78, 5) is 9.98. The van der Waals surface area contributed by atoms with Crippen LogP contribution in [0.2, 0.25) is 0 Å². The second-order valence-corrected chi connectivity index (χ2v) is 2.49. The predicted octanol–water partition coefficient (Wildman–Crippen LogP) is 0.711. The quantitative estimate of drug-likeness (QED) is 0.497. The van der Waals surface area contributed by atoms with Gasteiger partial charge >= 0.3 is 5.97 Å². The van der Waals surface area contributed by atoms with E-state index in [1.54, 1.807) is 0 Å². The first-order chi connectivity index (χ1) is 6.18. The molecular formula is C9H20O4. The molecule has 4 nitrogen and oxygen atoms in total. The summed E-state index contributed by atoms with van der Waals surface area (Å²) in [6, 6.07) is 0. The molecule has 4 heteroatoms. The molecule has 0 aromatic heterocycles. The van der Waals surface area contributed by atoms with Crippen molar-refractivity contribution >= 4 is 5.97 Å².